The summed E-state index contributed by atoms with van der Waals surface area (Å²) in [6, 6.07) is 4.23. The predicted molar refractivity (Wildman–Crippen MR) is 81.1 cm³/mol. The van der Waals surface area contributed by atoms with Crippen LogP contribution in [0.15, 0.2) is 12.1 Å². The molecular weight excluding hydrogens is 250 g/mol. The number of nitrogens with one attached hydrogen (secondary N) is 1. The Morgan fingerprint density at radius 1 is 1.35 bits per heavy atom. The molecule has 3 rings (SSSR count). The first kappa shape index (κ1) is 13.4. The number of nitrogens with two attached hydrogens (primary N) is 1. The monoisotopic (exact) mass is 273 g/mol. The fraction of sp³-hybridized carbons (Fsp3) is 0.600. The second kappa shape index (κ2) is 5.79. The van der Waals surface area contributed by atoms with Crippen LogP contribution in [0.3, 0.4) is 0 Å². The zero-order valence-electron chi connectivity index (χ0n) is 12.1. The molecule has 0 amide bonds. The van der Waals surface area contributed by atoms with Gasteiger partial charge in [-0.2, -0.15) is 9.61 Å². The number of hydrogen-bond acceptors (Lipinski definition) is 4. The van der Waals surface area contributed by atoms with E-state index in [0.29, 0.717) is 12.5 Å². The molecule has 1 aliphatic carbocycles. The molecule has 0 spiro atoms. The van der Waals surface area contributed by atoms with Crippen molar-refractivity contribution in [1.82, 2.24) is 14.6 Å². The summed E-state index contributed by atoms with van der Waals surface area (Å²) in [6.07, 6.45) is 6.10. The van der Waals surface area contributed by atoms with Crippen LogP contribution in [0.4, 0.5) is 5.82 Å². The van der Waals surface area contributed by atoms with Crippen molar-refractivity contribution >= 4 is 11.5 Å². The minimum absolute atomic E-state index is 0.613. The van der Waals surface area contributed by atoms with Gasteiger partial charge in [-0.25, -0.2) is 4.98 Å². The second-order valence-corrected chi connectivity index (χ2v) is 5.52. The molecule has 2 aromatic heterocycles. The average Bonchev–Trinajstić information content (AvgIpc) is 3.12. The van der Waals surface area contributed by atoms with Gasteiger partial charge < -0.3 is 11.1 Å². The molecule has 1 aliphatic rings. The van der Waals surface area contributed by atoms with E-state index in [4.69, 9.17) is 10.8 Å². The van der Waals surface area contributed by atoms with E-state index >= 15 is 0 Å². The molecule has 3 N–H and O–H groups in total. The van der Waals surface area contributed by atoms with Gasteiger partial charge in [0.15, 0.2) is 5.65 Å². The van der Waals surface area contributed by atoms with Gasteiger partial charge in [-0.05, 0) is 19.3 Å². The maximum Gasteiger partial charge on any atom is 0.157 e. The Morgan fingerprint density at radius 3 is 2.85 bits per heavy atom. The molecule has 0 radical (unpaired) electrons. The van der Waals surface area contributed by atoms with Crippen molar-refractivity contribution in [1.29, 1.82) is 0 Å². The molecule has 0 unspecified atom stereocenters. The van der Waals surface area contributed by atoms with E-state index in [1.165, 1.54) is 31.4 Å². The molecule has 0 atom stereocenters. The van der Waals surface area contributed by atoms with Gasteiger partial charge in [-0.3, -0.25) is 0 Å². The molecule has 0 bridgehead atoms. The van der Waals surface area contributed by atoms with Gasteiger partial charge in [0.25, 0.3) is 0 Å². The van der Waals surface area contributed by atoms with E-state index in [1.54, 1.807) is 0 Å². The molecule has 2 aromatic rings. The molecule has 0 aromatic carbocycles. The molecule has 0 aliphatic heterocycles. The first-order valence-electron chi connectivity index (χ1n) is 7.65. The standard InChI is InChI=1S/C15H23N5/c1-2-12-9-14(17-8-7-16)20-15(18-12)10-13(19-20)11-5-3-4-6-11/h9-11,17H,2-8,16H2,1H3. The lowest BCUT2D eigenvalue weighted by Crippen LogP contribution is -2.16. The highest BCUT2D eigenvalue weighted by atomic mass is 15.3. The van der Waals surface area contributed by atoms with E-state index < -0.39 is 0 Å². The fourth-order valence-electron chi connectivity index (χ4n) is 2.97. The molecule has 108 valence electrons. The summed E-state index contributed by atoms with van der Waals surface area (Å²) in [7, 11) is 0. The van der Waals surface area contributed by atoms with E-state index in [-0.39, 0.29) is 0 Å². The minimum Gasteiger partial charge on any atom is -0.369 e. The van der Waals surface area contributed by atoms with Crippen LogP contribution in [0.5, 0.6) is 0 Å². The largest absolute Gasteiger partial charge is 0.369 e. The number of aryl methyl sites for hydroxylation is 1. The van der Waals surface area contributed by atoms with Gasteiger partial charge in [0.2, 0.25) is 0 Å². The smallest absolute Gasteiger partial charge is 0.157 e. The topological polar surface area (TPSA) is 68.2 Å². The molecule has 2 heterocycles. The molecule has 0 saturated heterocycles. The van der Waals surface area contributed by atoms with Crippen LogP contribution in [-0.2, 0) is 6.42 Å². The Bertz CT molecular complexity index is 583. The molecule has 1 fully saturated rings. The summed E-state index contributed by atoms with van der Waals surface area (Å²) in [4.78, 5) is 4.68. The van der Waals surface area contributed by atoms with E-state index in [9.17, 15) is 0 Å². The predicted octanol–water partition coefficient (Wildman–Crippen LogP) is 2.32. The highest BCUT2D eigenvalue weighted by Crippen LogP contribution is 2.33. The summed E-state index contributed by atoms with van der Waals surface area (Å²) >= 11 is 0. The van der Waals surface area contributed by atoms with Crippen molar-refractivity contribution in [2.75, 3.05) is 18.4 Å². The Labute approximate surface area is 119 Å². The van der Waals surface area contributed by atoms with E-state index in [2.05, 4.69) is 29.4 Å². The molecule has 1 saturated carbocycles. The van der Waals surface area contributed by atoms with Crippen molar-refractivity contribution < 1.29 is 0 Å². The van der Waals surface area contributed by atoms with Crippen molar-refractivity contribution in [2.24, 2.45) is 5.73 Å². The van der Waals surface area contributed by atoms with Crippen LogP contribution in [0.2, 0.25) is 0 Å². The van der Waals surface area contributed by atoms with Crippen LogP contribution in [0.1, 0.15) is 49.9 Å². The number of rotatable bonds is 5. The quantitative estimate of drug-likeness (QED) is 0.877. The van der Waals surface area contributed by atoms with Crippen molar-refractivity contribution in [3.8, 4) is 0 Å². The zero-order chi connectivity index (χ0) is 13.9. The number of nitrogens with zero attached hydrogens (tertiary/aromatic N) is 3. The fourth-order valence-corrected chi connectivity index (χ4v) is 2.97. The lowest BCUT2D eigenvalue weighted by atomic mass is 10.1. The number of anilines is 1. The van der Waals surface area contributed by atoms with Gasteiger partial charge in [-0.15, -0.1) is 0 Å². The Balaban J connectivity index is 2.01. The molecule has 5 nitrogen and oxygen atoms in total. The summed E-state index contributed by atoms with van der Waals surface area (Å²) in [6.45, 7) is 3.49. The number of aromatic nitrogens is 3. The number of fused-ring (bicyclic) bond motifs is 1. The Kier molecular flexibility index (Phi) is 3.87. The lowest BCUT2D eigenvalue weighted by Gasteiger charge is -2.09. The van der Waals surface area contributed by atoms with Gasteiger partial charge in [-0.1, -0.05) is 19.8 Å². The third-order valence-electron chi connectivity index (χ3n) is 4.09. The lowest BCUT2D eigenvalue weighted by molar-refractivity contribution is 0.685. The van der Waals surface area contributed by atoms with Gasteiger partial charge in [0, 0.05) is 36.8 Å². The highest BCUT2D eigenvalue weighted by molar-refractivity contribution is 5.51. The van der Waals surface area contributed by atoms with Crippen LogP contribution in [0.25, 0.3) is 5.65 Å². The average molecular weight is 273 g/mol. The second-order valence-electron chi connectivity index (χ2n) is 5.52. The van der Waals surface area contributed by atoms with Crippen molar-refractivity contribution in [3.05, 3.63) is 23.5 Å². The third kappa shape index (κ3) is 2.50. The third-order valence-corrected chi connectivity index (χ3v) is 4.09. The van der Waals surface area contributed by atoms with Crippen molar-refractivity contribution in [3.63, 3.8) is 0 Å². The van der Waals surface area contributed by atoms with Gasteiger partial charge >= 0.3 is 0 Å². The van der Waals surface area contributed by atoms with Crippen molar-refractivity contribution in [2.45, 2.75) is 44.9 Å². The maximum atomic E-state index is 5.59. The van der Waals surface area contributed by atoms with Crippen LogP contribution in [0, 0.1) is 0 Å². The van der Waals surface area contributed by atoms with Crippen LogP contribution < -0.4 is 11.1 Å². The van der Waals surface area contributed by atoms with Gasteiger partial charge in [0.05, 0.1) is 5.69 Å². The minimum atomic E-state index is 0.613. The SMILES string of the molecule is CCc1cc(NCCN)n2nc(C3CCCC3)cc2n1. The molecule has 5 heteroatoms. The summed E-state index contributed by atoms with van der Waals surface area (Å²) < 4.78 is 1.93. The van der Waals surface area contributed by atoms with E-state index in [0.717, 1.165) is 30.1 Å². The van der Waals surface area contributed by atoms with Crippen LogP contribution in [-0.4, -0.2) is 27.7 Å². The summed E-state index contributed by atoms with van der Waals surface area (Å²) in [5, 5.41) is 8.13. The first-order valence-corrected chi connectivity index (χ1v) is 7.65. The summed E-state index contributed by atoms with van der Waals surface area (Å²) in [5.41, 5.74) is 8.82. The van der Waals surface area contributed by atoms with Crippen LogP contribution >= 0.6 is 0 Å². The highest BCUT2D eigenvalue weighted by Gasteiger charge is 2.21. The molecular formula is C15H23N5. The zero-order valence-corrected chi connectivity index (χ0v) is 12.1. The summed E-state index contributed by atoms with van der Waals surface area (Å²) in [5.74, 6) is 1.62. The van der Waals surface area contributed by atoms with E-state index in [1.807, 2.05) is 4.52 Å². The number of hydrogen-bond donors (Lipinski definition) is 2. The Hall–Kier alpha value is -1.62. The normalized spacial score (nSPS) is 16.1. The first-order chi connectivity index (χ1) is 9.81. The Morgan fingerprint density at radius 2 is 2.15 bits per heavy atom. The molecule has 20 heavy (non-hydrogen) atoms. The maximum absolute atomic E-state index is 5.59. The van der Waals surface area contributed by atoms with Gasteiger partial charge in [0.1, 0.15) is 5.82 Å².